The van der Waals surface area contributed by atoms with E-state index in [1.807, 2.05) is 7.05 Å². The van der Waals surface area contributed by atoms with Gasteiger partial charge in [0.15, 0.2) is 5.11 Å². The van der Waals surface area contributed by atoms with Crippen LogP contribution in [0.2, 0.25) is 0 Å². The molecule has 0 aliphatic carbocycles. The van der Waals surface area contributed by atoms with Gasteiger partial charge in [-0.2, -0.15) is 0 Å². The predicted molar refractivity (Wildman–Crippen MR) is 43.5 cm³/mol. The molecule has 1 heterocycles. The maximum Gasteiger partial charge on any atom is 0.168 e. The Bertz CT molecular complexity index is 134. The van der Waals surface area contributed by atoms with Crippen molar-refractivity contribution in [1.29, 1.82) is 0 Å². The normalized spacial score (nSPS) is 24.7. The first-order valence-corrected chi connectivity index (χ1v) is 3.76. The Morgan fingerprint density at radius 3 is 2.90 bits per heavy atom. The van der Waals surface area contributed by atoms with Gasteiger partial charge >= 0.3 is 0 Å². The number of hydrogen-bond acceptors (Lipinski definition) is 2. The van der Waals surface area contributed by atoms with Gasteiger partial charge in [0.25, 0.3) is 0 Å². The molecule has 1 atom stereocenters. The fraction of sp³-hybridized carbons (Fsp3) is 0.833. The summed E-state index contributed by atoms with van der Waals surface area (Å²) in [5.41, 5.74) is 5.39. The quantitative estimate of drug-likeness (QED) is 0.560. The molecule has 1 rings (SSSR count). The van der Waals surface area contributed by atoms with E-state index in [4.69, 9.17) is 22.7 Å². The first kappa shape index (κ1) is 7.75. The van der Waals surface area contributed by atoms with Gasteiger partial charge in [-0.3, -0.25) is 0 Å². The average molecular weight is 160 g/mol. The molecule has 1 unspecified atom stereocenters. The van der Waals surface area contributed by atoms with Crippen LogP contribution in [0.5, 0.6) is 0 Å². The maximum atomic E-state index is 5.39. The minimum atomic E-state index is 0.123. The Kier molecular flexibility index (Phi) is 2.45. The van der Waals surface area contributed by atoms with Gasteiger partial charge in [0, 0.05) is 13.7 Å². The molecular formula is C6H12N2OS. The van der Waals surface area contributed by atoms with E-state index in [9.17, 15) is 0 Å². The minimum Gasteiger partial charge on any atom is -0.376 e. The SMILES string of the molecule is CN(C(N)=S)C1CCCO1. The molecule has 10 heavy (non-hydrogen) atoms. The predicted octanol–water partition coefficient (Wildman–Crippen LogP) is 0.298. The Morgan fingerprint density at radius 2 is 2.50 bits per heavy atom. The minimum absolute atomic E-state index is 0.123. The number of nitrogens with zero attached hydrogens (tertiary/aromatic N) is 1. The van der Waals surface area contributed by atoms with Gasteiger partial charge in [-0.25, -0.2) is 0 Å². The van der Waals surface area contributed by atoms with Crippen molar-refractivity contribution >= 4 is 17.3 Å². The van der Waals surface area contributed by atoms with E-state index in [1.165, 1.54) is 0 Å². The molecule has 0 aromatic heterocycles. The van der Waals surface area contributed by atoms with Crippen LogP contribution in [0.3, 0.4) is 0 Å². The third-order valence-corrected chi connectivity index (χ3v) is 1.97. The van der Waals surface area contributed by atoms with Crippen molar-refractivity contribution in [3.63, 3.8) is 0 Å². The van der Waals surface area contributed by atoms with Crippen LogP contribution in [-0.2, 0) is 4.74 Å². The van der Waals surface area contributed by atoms with Crippen LogP contribution in [0, 0.1) is 0 Å². The van der Waals surface area contributed by atoms with Crippen LogP contribution in [0.4, 0.5) is 0 Å². The Labute approximate surface area is 66.1 Å². The zero-order chi connectivity index (χ0) is 7.56. The summed E-state index contributed by atoms with van der Waals surface area (Å²) < 4.78 is 5.33. The zero-order valence-corrected chi connectivity index (χ0v) is 6.86. The fourth-order valence-corrected chi connectivity index (χ4v) is 1.13. The molecule has 4 heteroatoms. The van der Waals surface area contributed by atoms with Crippen molar-refractivity contribution in [2.45, 2.75) is 19.1 Å². The lowest BCUT2D eigenvalue weighted by molar-refractivity contribution is 0.0332. The Hall–Kier alpha value is -0.350. The largest absolute Gasteiger partial charge is 0.376 e. The van der Waals surface area contributed by atoms with Crippen LogP contribution in [-0.4, -0.2) is 29.9 Å². The van der Waals surface area contributed by atoms with Crippen molar-refractivity contribution in [2.75, 3.05) is 13.7 Å². The third kappa shape index (κ3) is 1.58. The van der Waals surface area contributed by atoms with E-state index in [0.717, 1.165) is 19.4 Å². The Morgan fingerprint density at radius 1 is 1.80 bits per heavy atom. The molecule has 0 aromatic rings. The van der Waals surface area contributed by atoms with Crippen LogP contribution in [0.25, 0.3) is 0 Å². The second-order valence-corrected chi connectivity index (χ2v) is 2.84. The summed E-state index contributed by atoms with van der Waals surface area (Å²) in [6, 6.07) is 0. The van der Waals surface area contributed by atoms with E-state index in [-0.39, 0.29) is 6.23 Å². The smallest absolute Gasteiger partial charge is 0.168 e. The molecule has 0 saturated carbocycles. The summed E-state index contributed by atoms with van der Waals surface area (Å²) in [5, 5.41) is 0.409. The average Bonchev–Trinajstić information content (AvgIpc) is 2.36. The van der Waals surface area contributed by atoms with E-state index in [1.54, 1.807) is 4.90 Å². The number of rotatable bonds is 1. The number of nitrogens with two attached hydrogens (primary N) is 1. The molecule has 1 saturated heterocycles. The number of ether oxygens (including phenoxy) is 1. The first-order valence-electron chi connectivity index (χ1n) is 3.35. The summed E-state index contributed by atoms with van der Waals surface area (Å²) in [7, 11) is 1.86. The van der Waals surface area contributed by atoms with Crippen LogP contribution in [0.1, 0.15) is 12.8 Å². The third-order valence-electron chi connectivity index (χ3n) is 1.69. The van der Waals surface area contributed by atoms with Gasteiger partial charge in [0.1, 0.15) is 6.23 Å². The lowest BCUT2D eigenvalue weighted by Crippen LogP contribution is -2.39. The molecule has 3 nitrogen and oxygen atoms in total. The second kappa shape index (κ2) is 3.16. The van der Waals surface area contributed by atoms with Crippen molar-refractivity contribution in [3.05, 3.63) is 0 Å². The maximum absolute atomic E-state index is 5.39. The number of hydrogen-bond donors (Lipinski definition) is 1. The van der Waals surface area contributed by atoms with E-state index in [2.05, 4.69) is 0 Å². The molecule has 0 aromatic carbocycles. The molecule has 58 valence electrons. The molecule has 0 spiro atoms. The van der Waals surface area contributed by atoms with Crippen LogP contribution in [0.15, 0.2) is 0 Å². The van der Waals surface area contributed by atoms with Crippen LogP contribution < -0.4 is 5.73 Å². The summed E-state index contributed by atoms with van der Waals surface area (Å²) in [6.07, 6.45) is 2.27. The topological polar surface area (TPSA) is 38.5 Å². The molecule has 0 radical (unpaired) electrons. The lowest BCUT2D eigenvalue weighted by atomic mass is 10.3. The molecule has 2 N–H and O–H groups in total. The van der Waals surface area contributed by atoms with Gasteiger partial charge in [0.2, 0.25) is 0 Å². The van der Waals surface area contributed by atoms with Crippen LogP contribution >= 0.6 is 12.2 Å². The zero-order valence-electron chi connectivity index (χ0n) is 6.04. The Balaban J connectivity index is 2.39. The van der Waals surface area contributed by atoms with Crippen molar-refractivity contribution in [2.24, 2.45) is 5.73 Å². The van der Waals surface area contributed by atoms with Crippen molar-refractivity contribution < 1.29 is 4.74 Å². The van der Waals surface area contributed by atoms with Crippen molar-refractivity contribution in [3.8, 4) is 0 Å². The highest BCUT2D eigenvalue weighted by Crippen LogP contribution is 2.14. The van der Waals surface area contributed by atoms with E-state index >= 15 is 0 Å². The van der Waals surface area contributed by atoms with Gasteiger partial charge in [-0.15, -0.1) is 0 Å². The molecule has 1 fully saturated rings. The molecule has 0 amide bonds. The van der Waals surface area contributed by atoms with Gasteiger partial charge < -0.3 is 15.4 Å². The van der Waals surface area contributed by atoms with E-state index < -0.39 is 0 Å². The van der Waals surface area contributed by atoms with Gasteiger partial charge in [0.05, 0.1) is 0 Å². The standard InChI is InChI=1S/C6H12N2OS/c1-8(6(7)10)5-3-2-4-9-5/h5H,2-4H2,1H3,(H2,7,10). The lowest BCUT2D eigenvalue weighted by Gasteiger charge is -2.23. The number of thiocarbonyl (C=S) groups is 1. The van der Waals surface area contributed by atoms with E-state index in [0.29, 0.717) is 5.11 Å². The second-order valence-electron chi connectivity index (χ2n) is 2.42. The summed E-state index contributed by atoms with van der Waals surface area (Å²) in [4.78, 5) is 1.79. The first-order chi connectivity index (χ1) is 4.72. The molecule has 1 aliphatic heterocycles. The summed E-state index contributed by atoms with van der Waals surface area (Å²) >= 11 is 4.78. The highest BCUT2D eigenvalue weighted by atomic mass is 32.1. The molecule has 0 bridgehead atoms. The fourth-order valence-electron chi connectivity index (χ4n) is 1.01. The summed E-state index contributed by atoms with van der Waals surface area (Å²) in [5.74, 6) is 0. The highest BCUT2D eigenvalue weighted by molar-refractivity contribution is 7.80. The summed E-state index contributed by atoms with van der Waals surface area (Å²) in [6.45, 7) is 0.831. The molecular weight excluding hydrogens is 148 g/mol. The monoisotopic (exact) mass is 160 g/mol. The van der Waals surface area contributed by atoms with Gasteiger partial charge in [-0.1, -0.05) is 0 Å². The van der Waals surface area contributed by atoms with Gasteiger partial charge in [-0.05, 0) is 25.1 Å². The molecule has 1 aliphatic rings. The van der Waals surface area contributed by atoms with Crippen molar-refractivity contribution in [1.82, 2.24) is 4.90 Å². The highest BCUT2D eigenvalue weighted by Gasteiger charge is 2.20.